The fraction of sp³-hybridized carbons (Fsp3) is 0.182. The van der Waals surface area contributed by atoms with Gasteiger partial charge in [-0.15, -0.1) is 11.3 Å². The molecule has 6 heteroatoms. The van der Waals surface area contributed by atoms with Gasteiger partial charge >= 0.3 is 0 Å². The molecule has 0 radical (unpaired) electrons. The lowest BCUT2D eigenvalue weighted by Crippen LogP contribution is -2.09. The molecule has 4 aromatic rings. The summed E-state index contributed by atoms with van der Waals surface area (Å²) in [6.45, 7) is 0.832. The summed E-state index contributed by atoms with van der Waals surface area (Å²) in [6, 6.07) is 20.6. The third-order valence-electron chi connectivity index (χ3n) is 4.49. The summed E-state index contributed by atoms with van der Waals surface area (Å²) in [5.41, 5.74) is 3.04. The summed E-state index contributed by atoms with van der Waals surface area (Å²) in [4.78, 5) is 12.8. The van der Waals surface area contributed by atoms with Crippen molar-refractivity contribution in [3.63, 3.8) is 0 Å². The summed E-state index contributed by atoms with van der Waals surface area (Å²) in [5, 5.41) is 9.95. The van der Waals surface area contributed by atoms with Gasteiger partial charge in [-0.25, -0.2) is 4.98 Å². The molecule has 0 fully saturated rings. The van der Waals surface area contributed by atoms with Crippen LogP contribution in [0.4, 0.5) is 23.1 Å². The number of para-hydroxylation sites is 1. The summed E-state index contributed by atoms with van der Waals surface area (Å²) in [5.74, 6) is 1.45. The van der Waals surface area contributed by atoms with Gasteiger partial charge in [-0.3, -0.25) is 0 Å². The third kappa shape index (κ3) is 4.23. The Balaban J connectivity index is 1.56. The van der Waals surface area contributed by atoms with Crippen LogP contribution in [0.5, 0.6) is 0 Å². The molecule has 0 aliphatic rings. The second kappa shape index (κ2) is 8.27. The van der Waals surface area contributed by atoms with E-state index in [1.54, 1.807) is 11.3 Å². The van der Waals surface area contributed by atoms with Gasteiger partial charge in [0.2, 0.25) is 5.95 Å². The highest BCUT2D eigenvalue weighted by Crippen LogP contribution is 2.24. The van der Waals surface area contributed by atoms with Gasteiger partial charge < -0.3 is 15.5 Å². The molecule has 2 aromatic carbocycles. The Labute approximate surface area is 169 Å². The number of anilines is 4. The van der Waals surface area contributed by atoms with Crippen LogP contribution in [-0.2, 0) is 6.42 Å². The zero-order valence-electron chi connectivity index (χ0n) is 16.0. The predicted molar refractivity (Wildman–Crippen MR) is 120 cm³/mol. The Hall–Kier alpha value is -3.12. The van der Waals surface area contributed by atoms with Crippen molar-refractivity contribution in [2.75, 3.05) is 36.2 Å². The number of thiophene rings is 1. The first-order chi connectivity index (χ1) is 13.7. The largest absolute Gasteiger partial charge is 0.378 e. The molecule has 28 heavy (non-hydrogen) atoms. The fourth-order valence-corrected chi connectivity index (χ4v) is 3.71. The highest BCUT2D eigenvalue weighted by atomic mass is 32.1. The summed E-state index contributed by atoms with van der Waals surface area (Å²) >= 11 is 1.78. The molecule has 0 unspecified atom stereocenters. The Morgan fingerprint density at radius 1 is 0.929 bits per heavy atom. The van der Waals surface area contributed by atoms with Crippen molar-refractivity contribution in [3.05, 3.63) is 70.9 Å². The molecule has 0 atom stereocenters. The standard InChI is InChI=1S/C22H23N5S/c1-27(2)17-11-9-16(10-12-17)24-22-25-20-8-4-3-7-19(20)21(26-22)23-14-13-18-6-5-15-28-18/h3-12,15H,13-14H2,1-2H3,(H2,23,24,25,26). The minimum absolute atomic E-state index is 0.593. The van der Waals surface area contributed by atoms with E-state index in [1.165, 1.54) is 4.88 Å². The first-order valence-electron chi connectivity index (χ1n) is 9.26. The summed E-state index contributed by atoms with van der Waals surface area (Å²) < 4.78 is 0. The first kappa shape index (κ1) is 18.3. The van der Waals surface area contributed by atoms with E-state index in [0.29, 0.717) is 5.95 Å². The quantitative estimate of drug-likeness (QED) is 0.457. The van der Waals surface area contributed by atoms with Gasteiger partial charge in [0.1, 0.15) is 5.82 Å². The van der Waals surface area contributed by atoms with Crippen LogP contribution >= 0.6 is 11.3 Å². The molecular formula is C22H23N5S. The molecule has 0 saturated carbocycles. The zero-order chi connectivity index (χ0) is 19.3. The Bertz CT molecular complexity index is 1040. The minimum Gasteiger partial charge on any atom is -0.378 e. The van der Waals surface area contributed by atoms with E-state index in [9.17, 15) is 0 Å². The lowest BCUT2D eigenvalue weighted by molar-refractivity contribution is 1.03. The van der Waals surface area contributed by atoms with Gasteiger partial charge in [0.25, 0.3) is 0 Å². The van der Waals surface area contributed by atoms with Crippen molar-refractivity contribution >= 4 is 45.4 Å². The highest BCUT2D eigenvalue weighted by molar-refractivity contribution is 7.09. The van der Waals surface area contributed by atoms with Crippen LogP contribution in [0.2, 0.25) is 0 Å². The Morgan fingerprint density at radius 2 is 1.75 bits per heavy atom. The SMILES string of the molecule is CN(C)c1ccc(Nc2nc(NCCc3cccs3)c3ccccc3n2)cc1. The maximum atomic E-state index is 4.73. The molecule has 2 aromatic heterocycles. The second-order valence-corrected chi connectivity index (χ2v) is 7.77. The third-order valence-corrected chi connectivity index (χ3v) is 5.42. The Morgan fingerprint density at radius 3 is 2.50 bits per heavy atom. The molecule has 2 N–H and O–H groups in total. The average molecular weight is 390 g/mol. The summed E-state index contributed by atoms with van der Waals surface area (Å²) in [7, 11) is 4.06. The molecule has 5 nitrogen and oxygen atoms in total. The predicted octanol–water partition coefficient (Wildman–Crippen LogP) is 5.16. The van der Waals surface area contributed by atoms with Crippen LogP contribution in [0, 0.1) is 0 Å². The lowest BCUT2D eigenvalue weighted by Gasteiger charge is -2.14. The van der Waals surface area contributed by atoms with Gasteiger partial charge in [0, 0.05) is 42.3 Å². The normalized spacial score (nSPS) is 10.8. The molecule has 142 valence electrons. The van der Waals surface area contributed by atoms with Gasteiger partial charge in [-0.1, -0.05) is 18.2 Å². The Kier molecular flexibility index (Phi) is 5.39. The molecule has 4 rings (SSSR count). The number of rotatable bonds is 7. The molecule has 0 saturated heterocycles. The van der Waals surface area contributed by atoms with E-state index >= 15 is 0 Å². The van der Waals surface area contributed by atoms with Gasteiger partial charge in [-0.05, 0) is 54.3 Å². The van der Waals surface area contributed by atoms with Gasteiger partial charge in [-0.2, -0.15) is 4.98 Å². The smallest absolute Gasteiger partial charge is 0.229 e. The van der Waals surface area contributed by atoms with E-state index < -0.39 is 0 Å². The van der Waals surface area contributed by atoms with Gasteiger partial charge in [0.15, 0.2) is 0 Å². The van der Waals surface area contributed by atoms with Crippen LogP contribution < -0.4 is 15.5 Å². The highest BCUT2D eigenvalue weighted by Gasteiger charge is 2.08. The van der Waals surface area contributed by atoms with E-state index in [4.69, 9.17) is 4.98 Å². The van der Waals surface area contributed by atoms with E-state index in [2.05, 4.69) is 56.2 Å². The maximum Gasteiger partial charge on any atom is 0.229 e. The van der Waals surface area contributed by atoms with E-state index in [-0.39, 0.29) is 0 Å². The van der Waals surface area contributed by atoms with Crippen molar-refractivity contribution in [3.8, 4) is 0 Å². The lowest BCUT2D eigenvalue weighted by atomic mass is 10.2. The zero-order valence-corrected chi connectivity index (χ0v) is 16.8. The maximum absolute atomic E-state index is 4.73. The van der Waals surface area contributed by atoms with Crippen LogP contribution in [0.1, 0.15) is 4.88 Å². The topological polar surface area (TPSA) is 53.1 Å². The van der Waals surface area contributed by atoms with Crippen LogP contribution in [0.3, 0.4) is 0 Å². The first-order valence-corrected chi connectivity index (χ1v) is 10.1. The molecular weight excluding hydrogens is 366 g/mol. The van der Waals surface area contributed by atoms with Crippen molar-refractivity contribution in [2.24, 2.45) is 0 Å². The van der Waals surface area contributed by atoms with Crippen LogP contribution in [-0.4, -0.2) is 30.6 Å². The number of hydrogen-bond donors (Lipinski definition) is 2. The molecule has 0 aliphatic heterocycles. The average Bonchev–Trinajstić information content (AvgIpc) is 3.22. The van der Waals surface area contributed by atoms with Crippen LogP contribution in [0.25, 0.3) is 10.9 Å². The minimum atomic E-state index is 0.593. The van der Waals surface area contributed by atoms with E-state index in [0.717, 1.165) is 41.1 Å². The number of nitrogens with zero attached hydrogens (tertiary/aromatic N) is 3. The van der Waals surface area contributed by atoms with Crippen LogP contribution in [0.15, 0.2) is 66.0 Å². The summed E-state index contributed by atoms with van der Waals surface area (Å²) in [6.07, 6.45) is 0.977. The molecule has 0 amide bonds. The van der Waals surface area contributed by atoms with Crippen molar-refractivity contribution in [1.29, 1.82) is 0 Å². The number of hydrogen-bond acceptors (Lipinski definition) is 6. The number of nitrogens with one attached hydrogen (secondary N) is 2. The number of benzene rings is 2. The molecule has 0 bridgehead atoms. The second-order valence-electron chi connectivity index (χ2n) is 6.74. The van der Waals surface area contributed by atoms with Crippen molar-refractivity contribution in [1.82, 2.24) is 9.97 Å². The van der Waals surface area contributed by atoms with Gasteiger partial charge in [0.05, 0.1) is 5.52 Å². The molecule has 0 spiro atoms. The van der Waals surface area contributed by atoms with Crippen molar-refractivity contribution in [2.45, 2.75) is 6.42 Å². The molecule has 2 heterocycles. The van der Waals surface area contributed by atoms with E-state index in [1.807, 2.05) is 44.4 Å². The fourth-order valence-electron chi connectivity index (χ4n) is 3.00. The monoisotopic (exact) mass is 389 g/mol. The number of aromatic nitrogens is 2. The molecule has 0 aliphatic carbocycles. The number of fused-ring (bicyclic) bond motifs is 1. The van der Waals surface area contributed by atoms with Crippen molar-refractivity contribution < 1.29 is 0 Å².